The molecular formula is C11H17F2N3O. The van der Waals surface area contributed by atoms with Crippen LogP contribution in [-0.2, 0) is 11.3 Å². The second-order valence-electron chi connectivity index (χ2n) is 4.59. The minimum atomic E-state index is -2.57. The van der Waals surface area contributed by atoms with E-state index in [0.29, 0.717) is 6.61 Å². The molecule has 1 aromatic rings. The molecule has 6 heteroatoms. The second-order valence-corrected chi connectivity index (χ2v) is 4.59. The first-order chi connectivity index (χ1) is 8.11. The first-order valence-electron chi connectivity index (χ1n) is 5.77. The molecule has 0 aliphatic heterocycles. The molecule has 4 nitrogen and oxygen atoms in total. The van der Waals surface area contributed by atoms with Crippen LogP contribution in [0.15, 0.2) is 12.4 Å². The fourth-order valence-electron chi connectivity index (χ4n) is 2.20. The predicted molar refractivity (Wildman–Crippen MR) is 58.5 cm³/mol. The first kappa shape index (κ1) is 12.4. The highest BCUT2D eigenvalue weighted by molar-refractivity contribution is 4.92. The van der Waals surface area contributed by atoms with Crippen LogP contribution in [0.2, 0.25) is 0 Å². The van der Waals surface area contributed by atoms with Crippen molar-refractivity contribution in [1.29, 1.82) is 0 Å². The van der Waals surface area contributed by atoms with Crippen molar-refractivity contribution < 1.29 is 13.5 Å². The van der Waals surface area contributed by atoms with Gasteiger partial charge in [0.05, 0.1) is 6.61 Å². The van der Waals surface area contributed by atoms with Crippen LogP contribution in [0.25, 0.3) is 0 Å². The Labute approximate surface area is 98.8 Å². The standard InChI is InChI=1S/C11H17F2N3O/c12-10(13)16-6-5-15-9(16)7-17-8-11(14)3-1-2-4-11/h5-6,10H,1-4,7-8,14H2. The average molecular weight is 245 g/mol. The number of nitrogens with zero attached hydrogens (tertiary/aromatic N) is 2. The monoisotopic (exact) mass is 245 g/mol. The number of alkyl halides is 2. The van der Waals surface area contributed by atoms with Gasteiger partial charge in [0.25, 0.3) is 0 Å². The van der Waals surface area contributed by atoms with Crippen LogP contribution in [0, 0.1) is 0 Å². The van der Waals surface area contributed by atoms with E-state index in [-0.39, 0.29) is 18.0 Å². The van der Waals surface area contributed by atoms with Crippen LogP contribution in [-0.4, -0.2) is 21.7 Å². The number of ether oxygens (including phenoxy) is 1. The second kappa shape index (κ2) is 5.10. The summed E-state index contributed by atoms with van der Waals surface area (Å²) in [4.78, 5) is 3.84. The highest BCUT2D eigenvalue weighted by Gasteiger charge is 2.29. The van der Waals surface area contributed by atoms with Crippen LogP contribution in [0.4, 0.5) is 8.78 Å². The van der Waals surface area contributed by atoms with Crippen molar-refractivity contribution in [2.75, 3.05) is 6.61 Å². The van der Waals surface area contributed by atoms with Crippen LogP contribution in [0.3, 0.4) is 0 Å². The maximum absolute atomic E-state index is 12.5. The number of aromatic nitrogens is 2. The van der Waals surface area contributed by atoms with E-state index in [1.165, 1.54) is 12.4 Å². The van der Waals surface area contributed by atoms with E-state index in [9.17, 15) is 8.78 Å². The largest absolute Gasteiger partial charge is 0.372 e. The van der Waals surface area contributed by atoms with Gasteiger partial charge in [-0.15, -0.1) is 0 Å². The van der Waals surface area contributed by atoms with E-state index < -0.39 is 6.55 Å². The van der Waals surface area contributed by atoms with Crippen molar-refractivity contribution in [2.24, 2.45) is 5.73 Å². The molecule has 1 aliphatic rings. The number of imidazole rings is 1. The minimum Gasteiger partial charge on any atom is -0.372 e. The minimum absolute atomic E-state index is 0.0797. The van der Waals surface area contributed by atoms with E-state index in [4.69, 9.17) is 10.5 Å². The number of hydrogen-bond donors (Lipinski definition) is 1. The van der Waals surface area contributed by atoms with Crippen molar-refractivity contribution in [1.82, 2.24) is 9.55 Å². The molecule has 1 aromatic heterocycles. The lowest BCUT2D eigenvalue weighted by Gasteiger charge is -2.23. The topological polar surface area (TPSA) is 53.1 Å². The smallest absolute Gasteiger partial charge is 0.320 e. The Bertz CT molecular complexity index is 361. The van der Waals surface area contributed by atoms with Crippen LogP contribution in [0.5, 0.6) is 0 Å². The molecule has 0 spiro atoms. The van der Waals surface area contributed by atoms with E-state index in [2.05, 4.69) is 4.98 Å². The quantitative estimate of drug-likeness (QED) is 0.864. The Morgan fingerprint density at radius 1 is 1.47 bits per heavy atom. The molecule has 0 saturated heterocycles. The molecule has 0 radical (unpaired) electrons. The Balaban J connectivity index is 1.83. The van der Waals surface area contributed by atoms with E-state index in [1.807, 2.05) is 0 Å². The van der Waals surface area contributed by atoms with Crippen molar-refractivity contribution in [3.63, 3.8) is 0 Å². The van der Waals surface area contributed by atoms with Crippen molar-refractivity contribution >= 4 is 0 Å². The van der Waals surface area contributed by atoms with Crippen LogP contribution < -0.4 is 5.73 Å². The van der Waals surface area contributed by atoms with Gasteiger partial charge in [0.15, 0.2) is 0 Å². The van der Waals surface area contributed by atoms with Crippen LogP contribution in [0.1, 0.15) is 38.1 Å². The summed E-state index contributed by atoms with van der Waals surface area (Å²) < 4.78 is 31.2. The molecule has 0 atom stereocenters. The summed E-state index contributed by atoms with van der Waals surface area (Å²) in [5.41, 5.74) is 5.82. The van der Waals surface area contributed by atoms with E-state index in [0.717, 1.165) is 30.3 Å². The highest BCUT2D eigenvalue weighted by Crippen LogP contribution is 2.27. The normalized spacial score (nSPS) is 19.1. The van der Waals surface area contributed by atoms with Crippen molar-refractivity contribution in [2.45, 2.75) is 44.4 Å². The van der Waals surface area contributed by atoms with Gasteiger partial charge in [-0.25, -0.2) is 4.98 Å². The third kappa shape index (κ3) is 3.01. The molecule has 96 valence electrons. The lowest BCUT2D eigenvalue weighted by molar-refractivity contribution is 0.0408. The summed E-state index contributed by atoms with van der Waals surface area (Å²) in [7, 11) is 0. The Morgan fingerprint density at radius 2 is 2.18 bits per heavy atom. The molecule has 0 aromatic carbocycles. The molecule has 1 saturated carbocycles. The highest BCUT2D eigenvalue weighted by atomic mass is 19.3. The number of rotatable bonds is 5. The van der Waals surface area contributed by atoms with Gasteiger partial charge in [-0.3, -0.25) is 4.57 Å². The molecule has 0 unspecified atom stereocenters. The number of nitrogens with two attached hydrogens (primary N) is 1. The third-order valence-electron chi connectivity index (χ3n) is 3.18. The summed E-state index contributed by atoms with van der Waals surface area (Å²) in [6.07, 6.45) is 6.71. The molecule has 2 rings (SSSR count). The van der Waals surface area contributed by atoms with Gasteiger partial charge in [0, 0.05) is 17.9 Å². The molecule has 0 bridgehead atoms. The van der Waals surface area contributed by atoms with Crippen LogP contribution >= 0.6 is 0 Å². The summed E-state index contributed by atoms with van der Waals surface area (Å²) in [5.74, 6) is 0.238. The fourth-order valence-corrected chi connectivity index (χ4v) is 2.20. The number of halogens is 2. The van der Waals surface area contributed by atoms with E-state index in [1.54, 1.807) is 0 Å². The summed E-state index contributed by atoms with van der Waals surface area (Å²) in [5, 5.41) is 0. The van der Waals surface area contributed by atoms with E-state index >= 15 is 0 Å². The van der Waals surface area contributed by atoms with Crippen molar-refractivity contribution in [3.05, 3.63) is 18.2 Å². The molecule has 17 heavy (non-hydrogen) atoms. The van der Waals surface area contributed by atoms with Gasteiger partial charge in [-0.1, -0.05) is 12.8 Å². The lowest BCUT2D eigenvalue weighted by Crippen LogP contribution is -2.41. The zero-order valence-electron chi connectivity index (χ0n) is 9.61. The molecule has 1 heterocycles. The van der Waals surface area contributed by atoms with Crippen molar-refractivity contribution in [3.8, 4) is 0 Å². The summed E-state index contributed by atoms with van der Waals surface area (Å²) in [6.45, 7) is -2.09. The number of hydrogen-bond acceptors (Lipinski definition) is 3. The van der Waals surface area contributed by atoms with Gasteiger partial charge < -0.3 is 10.5 Å². The van der Waals surface area contributed by atoms with Gasteiger partial charge in [-0.2, -0.15) is 8.78 Å². The molecule has 2 N–H and O–H groups in total. The predicted octanol–water partition coefficient (Wildman–Crippen LogP) is 2.07. The Morgan fingerprint density at radius 3 is 2.82 bits per heavy atom. The summed E-state index contributed by atoms with van der Waals surface area (Å²) >= 11 is 0. The average Bonchev–Trinajstić information content (AvgIpc) is 2.87. The van der Waals surface area contributed by atoms with Gasteiger partial charge in [0.2, 0.25) is 0 Å². The Hall–Kier alpha value is -1.01. The Kier molecular flexibility index (Phi) is 3.73. The third-order valence-corrected chi connectivity index (χ3v) is 3.18. The SMILES string of the molecule is NC1(COCc2nccn2C(F)F)CCCC1. The molecule has 1 fully saturated rings. The molecular weight excluding hydrogens is 228 g/mol. The first-order valence-corrected chi connectivity index (χ1v) is 5.77. The maximum atomic E-state index is 12.5. The lowest BCUT2D eigenvalue weighted by atomic mass is 10.0. The molecule has 1 aliphatic carbocycles. The fraction of sp³-hybridized carbons (Fsp3) is 0.727. The summed E-state index contributed by atoms with van der Waals surface area (Å²) in [6, 6.07) is 0. The molecule has 0 amide bonds. The maximum Gasteiger partial charge on any atom is 0.320 e. The zero-order valence-corrected chi connectivity index (χ0v) is 9.61. The van der Waals surface area contributed by atoms with Gasteiger partial charge in [-0.05, 0) is 12.8 Å². The van der Waals surface area contributed by atoms with Gasteiger partial charge >= 0.3 is 6.55 Å². The zero-order chi connectivity index (χ0) is 12.3. The van der Waals surface area contributed by atoms with Gasteiger partial charge in [0.1, 0.15) is 12.4 Å².